The van der Waals surface area contributed by atoms with E-state index in [0.717, 1.165) is 37.7 Å². The maximum absolute atomic E-state index is 14.3. The Morgan fingerprint density at radius 1 is 1.13 bits per heavy atom. The number of carbonyl (C=O) groups is 2. The molecule has 4 atom stereocenters. The molecule has 1 aromatic heterocycles. The minimum Gasteiger partial charge on any atom is -0.496 e. The minimum atomic E-state index is -1.02. The average Bonchev–Trinajstić information content (AvgIpc) is 3.28. The van der Waals surface area contributed by atoms with Crippen LogP contribution in [0.1, 0.15) is 70.0 Å². The molecular formula is C30H40ClN3O5. The largest absolute Gasteiger partial charge is 0.496 e. The van der Waals surface area contributed by atoms with Crippen LogP contribution in [0.15, 0.2) is 36.5 Å². The van der Waals surface area contributed by atoms with E-state index >= 15 is 0 Å². The number of carboxylic acid groups (broad SMARTS) is 1. The van der Waals surface area contributed by atoms with Crippen molar-refractivity contribution in [2.75, 3.05) is 14.2 Å². The number of nitrogens with zero attached hydrogens (tertiary/aromatic N) is 2. The fourth-order valence-corrected chi connectivity index (χ4v) is 6.72. The summed E-state index contributed by atoms with van der Waals surface area (Å²) < 4.78 is 11.2. The molecule has 1 amide bonds. The second-order valence-corrected chi connectivity index (χ2v) is 12.1. The van der Waals surface area contributed by atoms with Crippen molar-refractivity contribution in [3.05, 3.63) is 52.7 Å². The van der Waals surface area contributed by atoms with Crippen LogP contribution in [0, 0.1) is 17.3 Å². The van der Waals surface area contributed by atoms with E-state index in [0.29, 0.717) is 28.8 Å². The average molecular weight is 558 g/mol. The van der Waals surface area contributed by atoms with Crippen molar-refractivity contribution in [2.45, 2.75) is 77.5 Å². The number of hydrogen-bond acceptors (Lipinski definition) is 6. The molecule has 2 heterocycles. The van der Waals surface area contributed by atoms with Gasteiger partial charge in [-0.05, 0) is 48.6 Å². The molecule has 8 nitrogen and oxygen atoms in total. The summed E-state index contributed by atoms with van der Waals surface area (Å²) in [7, 11) is 3.15. The molecule has 2 N–H and O–H groups in total. The number of carbonyl (C=O) groups excluding carboxylic acids is 1. The zero-order chi connectivity index (χ0) is 28.3. The third-order valence-electron chi connectivity index (χ3n) is 8.21. The molecular weight excluding hydrogens is 518 g/mol. The van der Waals surface area contributed by atoms with Crippen molar-refractivity contribution in [1.82, 2.24) is 15.2 Å². The normalized spacial score (nSPS) is 24.0. The Bertz CT molecular complexity index is 1180. The molecule has 4 rings (SSSR count). The summed E-state index contributed by atoms with van der Waals surface area (Å²) in [6, 6.07) is 7.08. The van der Waals surface area contributed by atoms with Gasteiger partial charge in [-0.2, -0.15) is 0 Å². The van der Waals surface area contributed by atoms with E-state index in [1.807, 2.05) is 39.0 Å². The lowest BCUT2D eigenvalue weighted by atomic mass is 9.72. The molecule has 2 aliphatic rings. The number of rotatable bonds is 8. The molecule has 1 aliphatic carbocycles. The molecule has 1 saturated heterocycles. The number of aromatic nitrogens is 1. The summed E-state index contributed by atoms with van der Waals surface area (Å²) in [5.41, 5.74) is 1.09. The molecule has 0 spiro atoms. The van der Waals surface area contributed by atoms with Gasteiger partial charge < -0.3 is 24.8 Å². The molecule has 0 radical (unpaired) electrons. The lowest BCUT2D eigenvalue weighted by molar-refractivity contribution is -0.154. The van der Waals surface area contributed by atoms with Gasteiger partial charge in [-0.1, -0.05) is 51.6 Å². The highest BCUT2D eigenvalue weighted by Gasteiger charge is 2.59. The second-order valence-electron chi connectivity index (χ2n) is 11.7. The maximum atomic E-state index is 14.3. The molecule has 2 fully saturated rings. The van der Waals surface area contributed by atoms with Crippen LogP contribution in [-0.2, 0) is 16.1 Å². The standard InChI is InChI=1S/C30H40ClN3O5/c1-30(2,3)23-24(33-17-19-16-20(31)13-14-22(19)38-4)25(21-12-9-15-32-27(21)39-5)34(26(23)29(36)37)28(35)18-10-7-6-8-11-18/h9,12-16,18,23-26,33H,6-8,10-11,17H2,1-5H3,(H,36,37)/t23-,24-,25-,26-/m0/s1. The lowest BCUT2D eigenvalue weighted by Crippen LogP contribution is -2.49. The van der Waals surface area contributed by atoms with E-state index in [2.05, 4.69) is 10.3 Å². The quantitative estimate of drug-likeness (QED) is 0.442. The monoisotopic (exact) mass is 557 g/mol. The first-order valence-corrected chi connectivity index (χ1v) is 14.1. The van der Waals surface area contributed by atoms with Crippen molar-refractivity contribution in [3.8, 4) is 11.6 Å². The topological polar surface area (TPSA) is 101 Å². The van der Waals surface area contributed by atoms with E-state index < -0.39 is 35.4 Å². The first-order valence-electron chi connectivity index (χ1n) is 13.7. The van der Waals surface area contributed by atoms with Crippen molar-refractivity contribution in [3.63, 3.8) is 0 Å². The number of halogens is 1. The summed E-state index contributed by atoms with van der Waals surface area (Å²) in [6.45, 7) is 6.48. The van der Waals surface area contributed by atoms with E-state index in [-0.39, 0.29) is 11.8 Å². The molecule has 0 bridgehead atoms. The number of carboxylic acids is 1. The minimum absolute atomic E-state index is 0.100. The van der Waals surface area contributed by atoms with Crippen LogP contribution in [-0.4, -0.2) is 53.2 Å². The summed E-state index contributed by atoms with van der Waals surface area (Å²) in [5.74, 6) is -0.651. The number of ether oxygens (including phenoxy) is 2. The van der Waals surface area contributed by atoms with Crippen molar-refractivity contribution in [1.29, 1.82) is 0 Å². The Kier molecular flexibility index (Phi) is 9.07. The van der Waals surface area contributed by atoms with E-state index in [4.69, 9.17) is 21.1 Å². The number of methoxy groups -OCH3 is 2. The van der Waals surface area contributed by atoms with Crippen LogP contribution >= 0.6 is 11.6 Å². The van der Waals surface area contributed by atoms with Crippen LogP contribution in [0.5, 0.6) is 11.6 Å². The van der Waals surface area contributed by atoms with Crippen LogP contribution in [0.3, 0.4) is 0 Å². The van der Waals surface area contributed by atoms with E-state index in [1.165, 1.54) is 0 Å². The summed E-state index contributed by atoms with van der Waals surface area (Å²) in [5, 5.41) is 14.9. The highest BCUT2D eigenvalue weighted by molar-refractivity contribution is 6.30. The van der Waals surface area contributed by atoms with Crippen LogP contribution in [0.25, 0.3) is 0 Å². The fourth-order valence-electron chi connectivity index (χ4n) is 6.53. The molecule has 9 heteroatoms. The number of benzene rings is 1. The van der Waals surface area contributed by atoms with Gasteiger partial charge in [0.1, 0.15) is 11.8 Å². The first-order chi connectivity index (χ1) is 18.6. The fraction of sp³-hybridized carbons (Fsp3) is 0.567. The van der Waals surface area contributed by atoms with Gasteiger partial charge in [0.25, 0.3) is 0 Å². The Hall–Kier alpha value is -2.84. The van der Waals surface area contributed by atoms with Crippen molar-refractivity contribution < 1.29 is 24.2 Å². The Balaban J connectivity index is 1.86. The number of aliphatic carboxylic acids is 1. The van der Waals surface area contributed by atoms with Gasteiger partial charge in [-0.15, -0.1) is 0 Å². The highest BCUT2D eigenvalue weighted by Crippen LogP contribution is 2.50. The maximum Gasteiger partial charge on any atom is 0.326 e. The van der Waals surface area contributed by atoms with Crippen LogP contribution in [0.4, 0.5) is 0 Å². The second kappa shape index (κ2) is 12.1. The number of amides is 1. The zero-order valence-corrected chi connectivity index (χ0v) is 24.2. The van der Waals surface area contributed by atoms with Crippen LogP contribution in [0.2, 0.25) is 5.02 Å². The zero-order valence-electron chi connectivity index (χ0n) is 23.4. The first kappa shape index (κ1) is 29.2. The van der Waals surface area contributed by atoms with Gasteiger partial charge in [0.2, 0.25) is 11.8 Å². The Morgan fingerprint density at radius 2 is 1.85 bits per heavy atom. The molecule has 1 aliphatic heterocycles. The van der Waals surface area contributed by atoms with Gasteiger partial charge in [-0.25, -0.2) is 9.78 Å². The molecule has 0 unspecified atom stereocenters. The third-order valence-corrected chi connectivity index (χ3v) is 8.45. The van der Waals surface area contributed by atoms with Gasteiger partial charge in [-0.3, -0.25) is 4.79 Å². The van der Waals surface area contributed by atoms with Crippen LogP contribution < -0.4 is 14.8 Å². The van der Waals surface area contributed by atoms with E-state index in [9.17, 15) is 14.7 Å². The summed E-state index contributed by atoms with van der Waals surface area (Å²) in [4.78, 5) is 33.4. The Morgan fingerprint density at radius 3 is 2.46 bits per heavy atom. The molecule has 39 heavy (non-hydrogen) atoms. The smallest absolute Gasteiger partial charge is 0.326 e. The highest BCUT2D eigenvalue weighted by atomic mass is 35.5. The number of likely N-dealkylation sites (tertiary alicyclic amines) is 1. The Labute approximate surface area is 236 Å². The van der Waals surface area contributed by atoms with E-state index in [1.54, 1.807) is 37.4 Å². The predicted molar refractivity (Wildman–Crippen MR) is 150 cm³/mol. The molecule has 1 aromatic carbocycles. The van der Waals surface area contributed by atoms with Gasteiger partial charge in [0.05, 0.1) is 20.3 Å². The third kappa shape index (κ3) is 6.02. The van der Waals surface area contributed by atoms with Gasteiger partial charge in [0.15, 0.2) is 0 Å². The number of pyridine rings is 1. The van der Waals surface area contributed by atoms with Gasteiger partial charge >= 0.3 is 5.97 Å². The van der Waals surface area contributed by atoms with Crippen molar-refractivity contribution >= 4 is 23.5 Å². The SMILES string of the molecule is COc1ccc(Cl)cc1CN[C@H]1[C@H](C(C)(C)C)[C@@H](C(=O)O)N(C(=O)C2CCCCC2)[C@H]1c1cccnc1OC. The lowest BCUT2D eigenvalue weighted by Gasteiger charge is -2.36. The summed E-state index contributed by atoms with van der Waals surface area (Å²) in [6.07, 6.45) is 6.23. The summed E-state index contributed by atoms with van der Waals surface area (Å²) >= 11 is 6.31. The number of nitrogens with one attached hydrogen (secondary N) is 1. The molecule has 212 valence electrons. The number of hydrogen-bond donors (Lipinski definition) is 2. The van der Waals surface area contributed by atoms with Crippen molar-refractivity contribution in [2.24, 2.45) is 17.3 Å². The van der Waals surface area contributed by atoms with Gasteiger partial charge in [0, 0.05) is 46.8 Å². The molecule has 2 aromatic rings. The molecule has 1 saturated carbocycles. The predicted octanol–water partition coefficient (Wildman–Crippen LogP) is 5.49.